The lowest BCUT2D eigenvalue weighted by Crippen LogP contribution is -2.45. The van der Waals surface area contributed by atoms with Crippen LogP contribution in [0, 0.1) is 5.92 Å². The van der Waals surface area contributed by atoms with E-state index in [0.717, 1.165) is 37.7 Å². The zero-order chi connectivity index (χ0) is 19.6. The Morgan fingerprint density at radius 3 is 2.33 bits per heavy atom. The van der Waals surface area contributed by atoms with Crippen molar-refractivity contribution in [1.29, 1.82) is 0 Å². The molecule has 1 aliphatic heterocycles. The Labute approximate surface area is 161 Å². The SMILES string of the molecule is CC(C)[C@@H]1NC(=O)CCCCCCCC(=O)Nc2cccc(c2)COC1=O. The quantitative estimate of drug-likeness (QED) is 0.736. The zero-order valence-electron chi connectivity index (χ0n) is 16.3. The fourth-order valence-corrected chi connectivity index (χ4v) is 3.05. The van der Waals surface area contributed by atoms with Crippen molar-refractivity contribution in [3.63, 3.8) is 0 Å². The summed E-state index contributed by atoms with van der Waals surface area (Å²) in [5.41, 5.74) is 1.49. The summed E-state index contributed by atoms with van der Waals surface area (Å²) in [6.07, 6.45) is 5.40. The Balaban J connectivity index is 2.09. The second-order valence-corrected chi connectivity index (χ2v) is 7.41. The molecule has 6 nitrogen and oxygen atoms in total. The number of benzene rings is 1. The van der Waals surface area contributed by atoms with Crippen molar-refractivity contribution in [2.24, 2.45) is 5.92 Å². The lowest BCUT2D eigenvalue weighted by atomic mass is 10.0. The number of carbonyl (C=O) groups is 3. The third-order valence-electron chi connectivity index (χ3n) is 4.64. The highest BCUT2D eigenvalue weighted by atomic mass is 16.5. The number of esters is 1. The van der Waals surface area contributed by atoms with Gasteiger partial charge in [0.15, 0.2) is 0 Å². The Bertz CT molecular complexity index is 657. The van der Waals surface area contributed by atoms with Gasteiger partial charge >= 0.3 is 5.97 Å². The van der Waals surface area contributed by atoms with Gasteiger partial charge in [-0.2, -0.15) is 0 Å². The molecule has 0 saturated carbocycles. The largest absolute Gasteiger partial charge is 0.459 e. The molecule has 1 aliphatic rings. The van der Waals surface area contributed by atoms with Gasteiger partial charge in [0.25, 0.3) is 0 Å². The van der Waals surface area contributed by atoms with Gasteiger partial charge < -0.3 is 15.4 Å². The maximum absolute atomic E-state index is 12.4. The number of nitrogens with one attached hydrogen (secondary N) is 2. The van der Waals surface area contributed by atoms with E-state index in [0.29, 0.717) is 18.5 Å². The summed E-state index contributed by atoms with van der Waals surface area (Å²) < 4.78 is 5.41. The summed E-state index contributed by atoms with van der Waals surface area (Å²) in [6.45, 7) is 3.87. The van der Waals surface area contributed by atoms with Crippen LogP contribution in [0.4, 0.5) is 5.69 Å². The highest BCUT2D eigenvalue weighted by Gasteiger charge is 2.25. The second kappa shape index (κ2) is 10.7. The van der Waals surface area contributed by atoms with Crippen LogP contribution in [-0.4, -0.2) is 23.8 Å². The van der Waals surface area contributed by atoms with Crippen molar-refractivity contribution in [2.45, 2.75) is 71.4 Å². The fraction of sp³-hybridized carbons (Fsp3) is 0.571. The molecular formula is C21H30N2O4. The van der Waals surface area contributed by atoms with Crippen molar-refractivity contribution in [3.05, 3.63) is 29.8 Å². The number of amides is 2. The second-order valence-electron chi connectivity index (χ2n) is 7.41. The molecule has 0 radical (unpaired) electrons. The molecule has 148 valence electrons. The van der Waals surface area contributed by atoms with E-state index < -0.39 is 12.0 Å². The average Bonchev–Trinajstić information content (AvgIpc) is 2.62. The van der Waals surface area contributed by atoms with E-state index in [1.807, 2.05) is 32.0 Å². The molecule has 2 amide bonds. The Morgan fingerprint density at radius 1 is 0.963 bits per heavy atom. The van der Waals surface area contributed by atoms with Crippen molar-refractivity contribution in [1.82, 2.24) is 5.32 Å². The Kier molecular flexibility index (Phi) is 8.30. The van der Waals surface area contributed by atoms with Gasteiger partial charge in [0, 0.05) is 18.5 Å². The molecule has 0 spiro atoms. The average molecular weight is 374 g/mol. The van der Waals surface area contributed by atoms with E-state index in [1.54, 1.807) is 6.07 Å². The van der Waals surface area contributed by atoms with Gasteiger partial charge in [-0.05, 0) is 36.5 Å². The highest BCUT2D eigenvalue weighted by molar-refractivity contribution is 5.90. The molecule has 2 rings (SSSR count). The van der Waals surface area contributed by atoms with Crippen LogP contribution < -0.4 is 10.6 Å². The molecular weight excluding hydrogens is 344 g/mol. The summed E-state index contributed by atoms with van der Waals surface area (Å²) in [7, 11) is 0. The lowest BCUT2D eigenvalue weighted by Gasteiger charge is -2.21. The van der Waals surface area contributed by atoms with Crippen molar-refractivity contribution in [3.8, 4) is 0 Å². The summed E-state index contributed by atoms with van der Waals surface area (Å²) in [6, 6.07) is 6.62. The van der Waals surface area contributed by atoms with Gasteiger partial charge in [-0.25, -0.2) is 4.79 Å². The third kappa shape index (κ3) is 7.41. The number of hydrogen-bond donors (Lipinski definition) is 2. The lowest BCUT2D eigenvalue weighted by molar-refractivity contribution is -0.150. The smallest absolute Gasteiger partial charge is 0.329 e. The van der Waals surface area contributed by atoms with Gasteiger partial charge in [-0.1, -0.05) is 45.2 Å². The highest BCUT2D eigenvalue weighted by Crippen LogP contribution is 2.15. The van der Waals surface area contributed by atoms with Crippen molar-refractivity contribution < 1.29 is 19.1 Å². The van der Waals surface area contributed by atoms with Crippen LogP contribution in [0.25, 0.3) is 0 Å². The number of hydrogen-bond acceptors (Lipinski definition) is 4. The monoisotopic (exact) mass is 374 g/mol. The van der Waals surface area contributed by atoms with Crippen molar-refractivity contribution >= 4 is 23.5 Å². The van der Waals surface area contributed by atoms with Crippen LogP contribution in [0.5, 0.6) is 0 Å². The molecule has 0 fully saturated rings. The van der Waals surface area contributed by atoms with Gasteiger partial charge in [0.1, 0.15) is 12.6 Å². The Hall–Kier alpha value is -2.37. The number of ether oxygens (including phenoxy) is 1. The van der Waals surface area contributed by atoms with E-state index in [-0.39, 0.29) is 24.3 Å². The van der Waals surface area contributed by atoms with Crippen LogP contribution in [-0.2, 0) is 25.7 Å². The maximum atomic E-state index is 12.4. The normalized spacial score (nSPS) is 20.9. The summed E-state index contributed by atoms with van der Waals surface area (Å²) in [5, 5.41) is 5.71. The molecule has 1 atom stereocenters. The number of anilines is 1. The first kappa shape index (κ1) is 20.9. The predicted molar refractivity (Wildman–Crippen MR) is 104 cm³/mol. The topological polar surface area (TPSA) is 84.5 Å². The van der Waals surface area contributed by atoms with Gasteiger partial charge in [0.2, 0.25) is 11.8 Å². The number of rotatable bonds is 1. The molecule has 1 aromatic rings. The van der Waals surface area contributed by atoms with Crippen LogP contribution in [0.1, 0.15) is 64.4 Å². The molecule has 6 heteroatoms. The van der Waals surface area contributed by atoms with E-state index in [1.165, 1.54) is 0 Å². The first-order valence-electron chi connectivity index (χ1n) is 9.80. The first-order valence-corrected chi connectivity index (χ1v) is 9.80. The number of cyclic esters (lactones) is 1. The molecule has 0 aromatic heterocycles. The first-order chi connectivity index (χ1) is 13.0. The fourth-order valence-electron chi connectivity index (χ4n) is 3.05. The van der Waals surface area contributed by atoms with E-state index in [4.69, 9.17) is 4.74 Å². The van der Waals surface area contributed by atoms with Gasteiger partial charge in [-0.3, -0.25) is 9.59 Å². The zero-order valence-corrected chi connectivity index (χ0v) is 16.3. The number of carbonyl (C=O) groups excluding carboxylic acids is 3. The molecule has 2 N–H and O–H groups in total. The molecule has 1 aromatic carbocycles. The third-order valence-corrected chi connectivity index (χ3v) is 4.64. The standard InChI is InChI=1S/C21H30N2O4/c1-15(2)20-21(26)27-14-16-9-8-10-17(13-16)22-18(24)11-6-4-3-5-7-12-19(25)23-20/h8-10,13,15,20H,3-7,11-12,14H2,1-2H3,(H,22,24)(H,23,25)/t20-/m0/s1. The summed E-state index contributed by atoms with van der Waals surface area (Å²) in [4.78, 5) is 36.6. The predicted octanol–water partition coefficient (Wildman–Crippen LogP) is 3.55. The molecule has 0 saturated heterocycles. The van der Waals surface area contributed by atoms with Crippen LogP contribution in [0.2, 0.25) is 0 Å². The summed E-state index contributed by atoms with van der Waals surface area (Å²) >= 11 is 0. The molecule has 1 heterocycles. The van der Waals surface area contributed by atoms with Gasteiger partial charge in [0.05, 0.1) is 0 Å². The van der Waals surface area contributed by atoms with Crippen molar-refractivity contribution in [2.75, 3.05) is 5.32 Å². The van der Waals surface area contributed by atoms with E-state index >= 15 is 0 Å². The maximum Gasteiger partial charge on any atom is 0.329 e. The van der Waals surface area contributed by atoms with Crippen LogP contribution in [0.3, 0.4) is 0 Å². The van der Waals surface area contributed by atoms with Crippen LogP contribution >= 0.6 is 0 Å². The summed E-state index contributed by atoms with van der Waals surface area (Å²) in [5.74, 6) is -0.621. The molecule has 2 bridgehead atoms. The Morgan fingerprint density at radius 2 is 1.63 bits per heavy atom. The molecule has 0 aliphatic carbocycles. The molecule has 0 unspecified atom stereocenters. The number of fused-ring (bicyclic) bond motifs is 2. The minimum Gasteiger partial charge on any atom is -0.459 e. The molecule has 27 heavy (non-hydrogen) atoms. The van der Waals surface area contributed by atoms with Crippen LogP contribution in [0.15, 0.2) is 24.3 Å². The van der Waals surface area contributed by atoms with E-state index in [9.17, 15) is 14.4 Å². The van der Waals surface area contributed by atoms with E-state index in [2.05, 4.69) is 10.6 Å². The minimum absolute atomic E-state index is 0.00971. The van der Waals surface area contributed by atoms with Gasteiger partial charge in [-0.15, -0.1) is 0 Å². The minimum atomic E-state index is -0.653.